The van der Waals surface area contributed by atoms with Crippen LogP contribution < -0.4 is 4.74 Å². The van der Waals surface area contributed by atoms with Gasteiger partial charge in [-0.3, -0.25) is 14.5 Å². The maximum Gasteiger partial charge on any atom is 0.305 e. The van der Waals surface area contributed by atoms with E-state index < -0.39 is 0 Å². The van der Waals surface area contributed by atoms with Crippen LogP contribution in [0.25, 0.3) is 6.08 Å². The number of benzene rings is 2. The van der Waals surface area contributed by atoms with Crippen LogP contribution in [0.3, 0.4) is 0 Å². The van der Waals surface area contributed by atoms with E-state index >= 15 is 0 Å². The molecule has 0 unspecified atom stereocenters. The zero-order chi connectivity index (χ0) is 24.5. The van der Waals surface area contributed by atoms with Gasteiger partial charge >= 0.3 is 5.97 Å². The fourth-order valence-corrected chi connectivity index (χ4v) is 5.06. The number of thiocarbonyl (C=S) groups is 1. The summed E-state index contributed by atoms with van der Waals surface area (Å²) in [6.07, 6.45) is 4.55. The van der Waals surface area contributed by atoms with Gasteiger partial charge in [-0.25, -0.2) is 0 Å². The summed E-state index contributed by atoms with van der Waals surface area (Å²) in [5.74, 6) is 0.384. The largest absolute Gasteiger partial charge is 0.489 e. The van der Waals surface area contributed by atoms with Crippen LogP contribution in [0.2, 0.25) is 10.0 Å². The van der Waals surface area contributed by atoms with E-state index in [2.05, 4.69) is 0 Å². The second-order valence-electron chi connectivity index (χ2n) is 7.55. The number of esters is 1. The molecule has 2 aromatic carbocycles. The molecule has 0 aliphatic carbocycles. The summed E-state index contributed by atoms with van der Waals surface area (Å²) < 4.78 is 11.4. The number of unbranched alkanes of at least 4 members (excludes halogenated alkanes) is 2. The van der Waals surface area contributed by atoms with Crippen molar-refractivity contribution < 1.29 is 19.1 Å². The molecule has 0 bridgehead atoms. The number of rotatable bonds is 11. The zero-order valence-corrected chi connectivity index (χ0v) is 21.9. The molecule has 1 amide bonds. The van der Waals surface area contributed by atoms with Crippen LogP contribution >= 0.6 is 47.2 Å². The molecule has 0 atom stereocenters. The molecule has 0 aromatic heterocycles. The highest BCUT2D eigenvalue weighted by atomic mass is 35.5. The quantitative estimate of drug-likeness (QED) is 0.134. The first-order valence-corrected chi connectivity index (χ1v) is 12.9. The second-order valence-corrected chi connectivity index (χ2v) is 10.1. The van der Waals surface area contributed by atoms with Crippen LogP contribution in [-0.4, -0.2) is 34.2 Å². The summed E-state index contributed by atoms with van der Waals surface area (Å²) in [4.78, 5) is 26.5. The predicted molar refractivity (Wildman–Crippen MR) is 142 cm³/mol. The van der Waals surface area contributed by atoms with Gasteiger partial charge in [-0.05, 0) is 55.7 Å². The van der Waals surface area contributed by atoms with Crippen LogP contribution in [0, 0.1) is 0 Å². The molecule has 1 saturated heterocycles. The number of nitrogens with zero attached hydrogens (tertiary/aromatic N) is 1. The Morgan fingerprint density at radius 3 is 2.74 bits per heavy atom. The normalized spacial score (nSPS) is 14.7. The minimum absolute atomic E-state index is 0.0975. The molecule has 5 nitrogen and oxygen atoms in total. The van der Waals surface area contributed by atoms with Crippen LogP contribution in [-0.2, 0) is 20.9 Å². The summed E-state index contributed by atoms with van der Waals surface area (Å²) >= 11 is 18.9. The van der Waals surface area contributed by atoms with Crippen molar-refractivity contribution in [3.05, 3.63) is 68.5 Å². The highest BCUT2D eigenvalue weighted by Gasteiger charge is 2.31. The van der Waals surface area contributed by atoms with Gasteiger partial charge in [0.15, 0.2) is 0 Å². The van der Waals surface area contributed by atoms with Crippen molar-refractivity contribution in [1.82, 2.24) is 4.90 Å². The smallest absolute Gasteiger partial charge is 0.305 e. The molecule has 1 aliphatic heterocycles. The van der Waals surface area contributed by atoms with E-state index in [0.717, 1.165) is 30.4 Å². The van der Waals surface area contributed by atoms with Gasteiger partial charge in [0, 0.05) is 28.6 Å². The summed E-state index contributed by atoms with van der Waals surface area (Å²) in [7, 11) is 0. The maximum atomic E-state index is 12.9. The van der Waals surface area contributed by atoms with Gasteiger partial charge in [-0.15, -0.1) is 0 Å². The molecular weight excluding hydrogens is 513 g/mol. The Hall–Kier alpha value is -2.06. The molecule has 2 aromatic rings. The minimum atomic E-state index is -0.182. The van der Waals surface area contributed by atoms with Crippen LogP contribution in [0.4, 0.5) is 0 Å². The average Bonchev–Trinajstić information content (AvgIpc) is 3.06. The fraction of sp³-hybridized carbons (Fsp3) is 0.320. The molecule has 3 rings (SSSR count). The lowest BCUT2D eigenvalue weighted by atomic mass is 10.2. The number of carbonyl (C=O) groups is 2. The Labute approximate surface area is 219 Å². The third-order valence-electron chi connectivity index (χ3n) is 5.01. The highest BCUT2D eigenvalue weighted by Crippen LogP contribution is 2.33. The number of hydrogen-bond donors (Lipinski definition) is 0. The Morgan fingerprint density at radius 1 is 1.15 bits per heavy atom. The van der Waals surface area contributed by atoms with Crippen molar-refractivity contribution >= 4 is 69.5 Å². The summed E-state index contributed by atoms with van der Waals surface area (Å²) in [6.45, 7) is 3.03. The first-order valence-electron chi connectivity index (χ1n) is 10.9. The predicted octanol–water partition coefficient (Wildman–Crippen LogP) is 6.90. The SMILES string of the molecule is CCOC(=O)CCCCCN1C(=O)/C(=C\c2cccc(OCc3ccc(Cl)cc3Cl)c2)SC1=S. The lowest BCUT2D eigenvalue weighted by Crippen LogP contribution is -2.29. The number of amides is 1. The van der Waals surface area contributed by atoms with Crippen molar-refractivity contribution in [2.24, 2.45) is 0 Å². The lowest BCUT2D eigenvalue weighted by molar-refractivity contribution is -0.143. The van der Waals surface area contributed by atoms with E-state index in [1.807, 2.05) is 36.4 Å². The van der Waals surface area contributed by atoms with Gasteiger partial charge in [0.05, 0.1) is 11.5 Å². The first-order chi connectivity index (χ1) is 16.4. The molecule has 34 heavy (non-hydrogen) atoms. The summed E-state index contributed by atoms with van der Waals surface area (Å²) in [5.41, 5.74) is 1.68. The van der Waals surface area contributed by atoms with E-state index in [1.165, 1.54) is 11.8 Å². The second kappa shape index (κ2) is 13.1. The van der Waals surface area contributed by atoms with Gasteiger partial charge in [0.1, 0.15) is 16.7 Å². The maximum absolute atomic E-state index is 12.9. The average molecular weight is 539 g/mol. The third-order valence-corrected chi connectivity index (χ3v) is 6.97. The van der Waals surface area contributed by atoms with Crippen LogP contribution in [0.15, 0.2) is 47.4 Å². The van der Waals surface area contributed by atoms with E-state index in [4.69, 9.17) is 44.9 Å². The highest BCUT2D eigenvalue weighted by molar-refractivity contribution is 8.26. The van der Waals surface area contributed by atoms with Crippen molar-refractivity contribution in [3.8, 4) is 5.75 Å². The zero-order valence-electron chi connectivity index (χ0n) is 18.7. The topological polar surface area (TPSA) is 55.8 Å². The minimum Gasteiger partial charge on any atom is -0.489 e. The third kappa shape index (κ3) is 7.73. The summed E-state index contributed by atoms with van der Waals surface area (Å²) in [5, 5.41) is 1.12. The van der Waals surface area contributed by atoms with E-state index in [9.17, 15) is 9.59 Å². The van der Waals surface area contributed by atoms with E-state index in [0.29, 0.717) is 51.2 Å². The first kappa shape index (κ1) is 26.5. The number of hydrogen-bond acceptors (Lipinski definition) is 6. The lowest BCUT2D eigenvalue weighted by Gasteiger charge is -2.14. The number of halogens is 2. The molecule has 0 radical (unpaired) electrons. The monoisotopic (exact) mass is 537 g/mol. The molecule has 180 valence electrons. The van der Waals surface area contributed by atoms with Crippen LogP contribution in [0.1, 0.15) is 43.7 Å². The Bertz CT molecular complexity index is 1090. The molecule has 1 aliphatic rings. The molecular formula is C25H25Cl2NO4S2. The molecule has 0 N–H and O–H groups in total. The Kier molecular flexibility index (Phi) is 10.3. The molecule has 1 fully saturated rings. The number of carbonyl (C=O) groups excluding carboxylic acids is 2. The molecule has 1 heterocycles. The van der Waals surface area contributed by atoms with Gasteiger partial charge in [-0.2, -0.15) is 0 Å². The standard InChI is InChI=1S/C25H25Cl2NO4S2/c1-2-31-23(29)9-4-3-5-12-28-24(30)22(34-25(28)33)14-17-7-6-8-20(13-17)32-16-18-10-11-19(26)15-21(18)27/h6-8,10-11,13-15H,2-5,9,12,16H2,1H3/b22-14+. The van der Waals surface area contributed by atoms with Gasteiger partial charge in [0.25, 0.3) is 5.91 Å². The molecule has 0 spiro atoms. The number of ether oxygens (including phenoxy) is 2. The number of thioether (sulfide) groups is 1. The Morgan fingerprint density at radius 2 is 1.97 bits per heavy atom. The van der Waals surface area contributed by atoms with Crippen molar-refractivity contribution in [2.45, 2.75) is 39.2 Å². The van der Waals surface area contributed by atoms with Crippen molar-refractivity contribution in [3.63, 3.8) is 0 Å². The van der Waals surface area contributed by atoms with Crippen molar-refractivity contribution in [1.29, 1.82) is 0 Å². The van der Waals surface area contributed by atoms with Gasteiger partial charge in [0.2, 0.25) is 0 Å². The molecule has 9 heteroatoms. The Balaban J connectivity index is 1.54. The van der Waals surface area contributed by atoms with E-state index in [-0.39, 0.29) is 11.9 Å². The van der Waals surface area contributed by atoms with E-state index in [1.54, 1.807) is 24.0 Å². The summed E-state index contributed by atoms with van der Waals surface area (Å²) in [6, 6.07) is 12.8. The van der Waals surface area contributed by atoms with Crippen molar-refractivity contribution in [2.75, 3.05) is 13.2 Å². The fourth-order valence-electron chi connectivity index (χ4n) is 3.29. The molecule has 0 saturated carbocycles. The van der Waals surface area contributed by atoms with Crippen LogP contribution in [0.5, 0.6) is 5.75 Å². The van der Waals surface area contributed by atoms with Gasteiger partial charge in [-0.1, -0.05) is 71.8 Å². The van der Waals surface area contributed by atoms with Gasteiger partial charge < -0.3 is 9.47 Å².